The average Bonchev–Trinajstić information content (AvgIpc) is 3.35. The summed E-state index contributed by atoms with van der Waals surface area (Å²) in [6.45, 7) is 1.52. The van der Waals surface area contributed by atoms with Crippen LogP contribution in [0.15, 0.2) is 42.5 Å². The zero-order valence-corrected chi connectivity index (χ0v) is 15.6. The molecule has 1 heterocycles. The summed E-state index contributed by atoms with van der Waals surface area (Å²) in [5.74, 6) is -1.70. The standard InChI is InChI=1S/C21H21ClF2N2O/c22-14-3-1-4-15(11-14)25-21(27)20-17(9-10-26(20)12-13-7-8-13)16-5-2-6-18(23)19(16)24/h1-6,11,13,17,20H,7-10,12H2,(H,25,27). The van der Waals surface area contributed by atoms with Gasteiger partial charge in [0.1, 0.15) is 0 Å². The number of carbonyl (C=O) groups is 1. The van der Waals surface area contributed by atoms with E-state index in [4.69, 9.17) is 11.6 Å². The van der Waals surface area contributed by atoms with Crippen LogP contribution in [0.4, 0.5) is 14.5 Å². The van der Waals surface area contributed by atoms with Crippen molar-refractivity contribution in [2.45, 2.75) is 31.2 Å². The Morgan fingerprint density at radius 1 is 1.15 bits per heavy atom. The van der Waals surface area contributed by atoms with Crippen LogP contribution in [0.2, 0.25) is 5.02 Å². The van der Waals surface area contributed by atoms with Crippen LogP contribution in [0.5, 0.6) is 0 Å². The molecule has 1 aliphatic carbocycles. The van der Waals surface area contributed by atoms with Gasteiger partial charge in [-0.1, -0.05) is 29.8 Å². The van der Waals surface area contributed by atoms with Gasteiger partial charge in [-0.15, -0.1) is 0 Å². The van der Waals surface area contributed by atoms with Crippen molar-refractivity contribution in [2.75, 3.05) is 18.4 Å². The molecule has 1 saturated carbocycles. The lowest BCUT2D eigenvalue weighted by Crippen LogP contribution is -2.43. The summed E-state index contributed by atoms with van der Waals surface area (Å²) in [6, 6.07) is 10.6. The molecule has 1 amide bonds. The Labute approximate surface area is 162 Å². The zero-order valence-electron chi connectivity index (χ0n) is 14.8. The van der Waals surface area contributed by atoms with Gasteiger partial charge in [-0.3, -0.25) is 9.69 Å². The van der Waals surface area contributed by atoms with E-state index in [0.29, 0.717) is 29.6 Å². The van der Waals surface area contributed by atoms with E-state index in [1.165, 1.54) is 6.07 Å². The van der Waals surface area contributed by atoms with Crippen LogP contribution >= 0.6 is 11.6 Å². The summed E-state index contributed by atoms with van der Waals surface area (Å²) in [6.07, 6.45) is 2.96. The van der Waals surface area contributed by atoms with Gasteiger partial charge >= 0.3 is 0 Å². The molecule has 0 radical (unpaired) electrons. The predicted octanol–water partition coefficient (Wildman–Crippen LogP) is 4.82. The van der Waals surface area contributed by atoms with Gasteiger partial charge in [0.25, 0.3) is 0 Å². The van der Waals surface area contributed by atoms with Gasteiger partial charge < -0.3 is 5.32 Å². The molecule has 2 aromatic rings. The molecular formula is C21H21ClF2N2O. The van der Waals surface area contributed by atoms with Crippen molar-refractivity contribution < 1.29 is 13.6 Å². The van der Waals surface area contributed by atoms with Gasteiger partial charge in [0.2, 0.25) is 5.91 Å². The van der Waals surface area contributed by atoms with E-state index < -0.39 is 17.7 Å². The molecule has 2 atom stereocenters. The van der Waals surface area contributed by atoms with E-state index in [0.717, 1.165) is 25.5 Å². The van der Waals surface area contributed by atoms with Gasteiger partial charge in [-0.05, 0) is 61.6 Å². The van der Waals surface area contributed by atoms with Crippen molar-refractivity contribution in [3.8, 4) is 0 Å². The Morgan fingerprint density at radius 2 is 1.93 bits per heavy atom. The molecule has 3 nitrogen and oxygen atoms in total. The Bertz CT molecular complexity index is 856. The highest BCUT2D eigenvalue weighted by Gasteiger charge is 2.43. The molecule has 2 aromatic carbocycles. The first kappa shape index (κ1) is 18.4. The number of hydrogen-bond acceptors (Lipinski definition) is 2. The Morgan fingerprint density at radius 3 is 2.67 bits per heavy atom. The summed E-state index contributed by atoms with van der Waals surface area (Å²) in [4.78, 5) is 15.2. The van der Waals surface area contributed by atoms with Crippen LogP contribution in [0, 0.1) is 17.6 Å². The number of nitrogens with one attached hydrogen (secondary N) is 1. The van der Waals surface area contributed by atoms with E-state index in [1.807, 2.05) is 0 Å². The molecular weight excluding hydrogens is 370 g/mol. The number of hydrogen-bond donors (Lipinski definition) is 1. The molecule has 142 valence electrons. The number of rotatable bonds is 5. The first-order valence-corrected chi connectivity index (χ1v) is 9.65. The molecule has 2 fully saturated rings. The third-order valence-electron chi connectivity index (χ3n) is 5.43. The molecule has 1 saturated heterocycles. The maximum atomic E-state index is 14.4. The number of anilines is 1. The molecule has 27 heavy (non-hydrogen) atoms. The number of likely N-dealkylation sites (tertiary alicyclic amines) is 1. The monoisotopic (exact) mass is 390 g/mol. The lowest BCUT2D eigenvalue weighted by Gasteiger charge is -2.27. The van der Waals surface area contributed by atoms with E-state index in [9.17, 15) is 13.6 Å². The normalized spacial score (nSPS) is 22.8. The molecule has 0 bridgehead atoms. The minimum absolute atomic E-state index is 0.205. The lowest BCUT2D eigenvalue weighted by atomic mass is 9.90. The molecule has 0 spiro atoms. The fourth-order valence-corrected chi connectivity index (χ4v) is 4.15. The van der Waals surface area contributed by atoms with Crippen molar-refractivity contribution in [1.29, 1.82) is 0 Å². The summed E-state index contributed by atoms with van der Waals surface area (Å²) in [7, 11) is 0. The van der Waals surface area contributed by atoms with Crippen LogP contribution in [-0.4, -0.2) is 29.9 Å². The fourth-order valence-electron chi connectivity index (χ4n) is 3.96. The third kappa shape index (κ3) is 3.99. The van der Waals surface area contributed by atoms with Crippen molar-refractivity contribution >= 4 is 23.2 Å². The van der Waals surface area contributed by atoms with Gasteiger partial charge in [-0.2, -0.15) is 0 Å². The summed E-state index contributed by atoms with van der Waals surface area (Å²) >= 11 is 6.00. The van der Waals surface area contributed by atoms with Crippen LogP contribution in [0.3, 0.4) is 0 Å². The Kier molecular flexibility index (Phi) is 5.15. The van der Waals surface area contributed by atoms with E-state index >= 15 is 0 Å². The van der Waals surface area contributed by atoms with E-state index in [-0.39, 0.29) is 17.4 Å². The molecule has 2 aliphatic rings. The Balaban J connectivity index is 1.62. The first-order chi connectivity index (χ1) is 13.0. The van der Waals surface area contributed by atoms with Gasteiger partial charge in [0.05, 0.1) is 6.04 Å². The average molecular weight is 391 g/mol. The Hall–Kier alpha value is -1.98. The number of carbonyl (C=O) groups excluding carboxylic acids is 1. The lowest BCUT2D eigenvalue weighted by molar-refractivity contribution is -0.120. The number of benzene rings is 2. The van der Waals surface area contributed by atoms with Crippen molar-refractivity contribution in [3.63, 3.8) is 0 Å². The van der Waals surface area contributed by atoms with Crippen molar-refractivity contribution in [1.82, 2.24) is 4.90 Å². The number of halogens is 3. The highest BCUT2D eigenvalue weighted by atomic mass is 35.5. The van der Waals surface area contributed by atoms with E-state index in [1.54, 1.807) is 30.3 Å². The fraction of sp³-hybridized carbons (Fsp3) is 0.381. The van der Waals surface area contributed by atoms with Gasteiger partial charge in [-0.25, -0.2) is 8.78 Å². The quantitative estimate of drug-likeness (QED) is 0.793. The second-order valence-corrected chi connectivity index (χ2v) is 7.86. The summed E-state index contributed by atoms with van der Waals surface area (Å²) in [5.41, 5.74) is 0.878. The maximum Gasteiger partial charge on any atom is 0.242 e. The smallest absolute Gasteiger partial charge is 0.242 e. The predicted molar refractivity (Wildman–Crippen MR) is 102 cm³/mol. The third-order valence-corrected chi connectivity index (χ3v) is 5.67. The van der Waals surface area contributed by atoms with Crippen LogP contribution in [0.25, 0.3) is 0 Å². The minimum atomic E-state index is -0.873. The summed E-state index contributed by atoms with van der Waals surface area (Å²) < 4.78 is 28.2. The van der Waals surface area contributed by atoms with Crippen molar-refractivity contribution in [3.05, 3.63) is 64.7 Å². The molecule has 0 aromatic heterocycles. The second-order valence-electron chi connectivity index (χ2n) is 7.42. The zero-order chi connectivity index (χ0) is 19.0. The number of amides is 1. The minimum Gasteiger partial charge on any atom is -0.325 e. The molecule has 1 N–H and O–H groups in total. The van der Waals surface area contributed by atoms with Crippen molar-refractivity contribution in [2.24, 2.45) is 5.92 Å². The number of nitrogens with zero attached hydrogens (tertiary/aromatic N) is 1. The van der Waals surface area contributed by atoms with E-state index in [2.05, 4.69) is 10.2 Å². The van der Waals surface area contributed by atoms with Crippen LogP contribution < -0.4 is 5.32 Å². The molecule has 4 rings (SSSR count). The van der Waals surface area contributed by atoms with Crippen LogP contribution in [-0.2, 0) is 4.79 Å². The molecule has 1 aliphatic heterocycles. The van der Waals surface area contributed by atoms with Gasteiger partial charge in [0, 0.05) is 23.2 Å². The molecule has 2 unspecified atom stereocenters. The SMILES string of the molecule is O=C(Nc1cccc(Cl)c1)C1C(c2cccc(F)c2F)CCN1CC1CC1. The largest absolute Gasteiger partial charge is 0.325 e. The second kappa shape index (κ2) is 7.56. The van der Waals surface area contributed by atoms with Crippen LogP contribution in [0.1, 0.15) is 30.7 Å². The highest BCUT2D eigenvalue weighted by Crippen LogP contribution is 2.39. The first-order valence-electron chi connectivity index (χ1n) is 9.27. The van der Waals surface area contributed by atoms with Gasteiger partial charge in [0.15, 0.2) is 11.6 Å². The topological polar surface area (TPSA) is 32.3 Å². The molecule has 6 heteroatoms. The highest BCUT2D eigenvalue weighted by molar-refractivity contribution is 6.30. The maximum absolute atomic E-state index is 14.4. The summed E-state index contributed by atoms with van der Waals surface area (Å²) in [5, 5.41) is 3.43.